The zero-order valence-corrected chi connectivity index (χ0v) is 10.0. The molecule has 1 aliphatic rings. The van der Waals surface area contributed by atoms with Gasteiger partial charge in [0.1, 0.15) is 5.82 Å². The van der Waals surface area contributed by atoms with E-state index in [1.807, 2.05) is 13.1 Å². The van der Waals surface area contributed by atoms with E-state index < -0.39 is 0 Å². The molecule has 17 heavy (non-hydrogen) atoms. The molecular formula is C14H17FN2. The fourth-order valence-electron chi connectivity index (χ4n) is 2.94. The summed E-state index contributed by atoms with van der Waals surface area (Å²) in [7, 11) is 1.99. The second-order valence-electron chi connectivity index (χ2n) is 4.91. The molecule has 1 aliphatic carbocycles. The first kappa shape index (κ1) is 10.8. The monoisotopic (exact) mass is 232 g/mol. The average molecular weight is 232 g/mol. The van der Waals surface area contributed by atoms with Gasteiger partial charge in [0.2, 0.25) is 0 Å². The molecule has 1 heterocycles. The maximum atomic E-state index is 13.7. The van der Waals surface area contributed by atoms with E-state index in [1.165, 1.54) is 23.7 Å². The highest BCUT2D eigenvalue weighted by molar-refractivity contribution is 5.85. The molecule has 0 saturated carbocycles. The number of halogens is 1. The lowest BCUT2D eigenvalue weighted by Crippen LogP contribution is -2.24. The quantitative estimate of drug-likeness (QED) is 0.818. The molecule has 0 saturated heterocycles. The number of hydrogen-bond acceptors (Lipinski definition) is 1. The van der Waals surface area contributed by atoms with Crippen LogP contribution in [0.5, 0.6) is 0 Å². The van der Waals surface area contributed by atoms with E-state index in [0.29, 0.717) is 11.4 Å². The topological polar surface area (TPSA) is 27.8 Å². The van der Waals surface area contributed by atoms with Crippen molar-refractivity contribution in [3.63, 3.8) is 0 Å². The van der Waals surface area contributed by atoms with Crippen LogP contribution in [-0.2, 0) is 12.8 Å². The third-order valence-corrected chi connectivity index (χ3v) is 3.77. The summed E-state index contributed by atoms with van der Waals surface area (Å²) >= 11 is 0. The van der Waals surface area contributed by atoms with E-state index in [-0.39, 0.29) is 5.82 Å². The Labute approximate surface area is 100 Å². The molecule has 0 amide bonds. The van der Waals surface area contributed by atoms with Gasteiger partial charge in [-0.3, -0.25) is 0 Å². The van der Waals surface area contributed by atoms with Gasteiger partial charge in [0.25, 0.3) is 0 Å². The molecule has 1 atom stereocenters. The molecule has 1 aromatic heterocycles. The van der Waals surface area contributed by atoms with Crippen molar-refractivity contribution in [3.8, 4) is 0 Å². The van der Waals surface area contributed by atoms with Crippen LogP contribution in [0.25, 0.3) is 10.9 Å². The first-order chi connectivity index (χ1) is 8.29. The fraction of sp³-hybridized carbons (Fsp3) is 0.429. The molecule has 0 aliphatic heterocycles. The number of benzene rings is 1. The Kier molecular flexibility index (Phi) is 2.63. The highest BCUT2D eigenvalue weighted by Crippen LogP contribution is 2.32. The molecule has 3 heteroatoms. The Morgan fingerprint density at radius 1 is 1.47 bits per heavy atom. The molecule has 3 rings (SSSR count). The number of rotatable bonds is 2. The highest BCUT2D eigenvalue weighted by atomic mass is 19.1. The second-order valence-corrected chi connectivity index (χ2v) is 4.91. The summed E-state index contributed by atoms with van der Waals surface area (Å²) in [5.41, 5.74) is 3.24. The third-order valence-electron chi connectivity index (χ3n) is 3.77. The Bertz CT molecular complexity index is 544. The second kappa shape index (κ2) is 4.15. The summed E-state index contributed by atoms with van der Waals surface area (Å²) in [6.07, 6.45) is 3.28. The maximum absolute atomic E-state index is 13.7. The van der Waals surface area contributed by atoms with Gasteiger partial charge in [0.15, 0.2) is 0 Å². The van der Waals surface area contributed by atoms with Gasteiger partial charge < -0.3 is 10.3 Å². The van der Waals surface area contributed by atoms with Crippen molar-refractivity contribution in [3.05, 3.63) is 35.3 Å². The summed E-state index contributed by atoms with van der Waals surface area (Å²) in [6, 6.07) is 5.35. The average Bonchev–Trinajstić information content (AvgIpc) is 2.70. The van der Waals surface area contributed by atoms with Gasteiger partial charge in [0.05, 0.1) is 5.52 Å². The predicted octanol–water partition coefficient (Wildman–Crippen LogP) is 2.63. The zero-order chi connectivity index (χ0) is 11.8. The lowest BCUT2D eigenvalue weighted by molar-refractivity contribution is 0.439. The molecule has 0 fully saturated rings. The van der Waals surface area contributed by atoms with Gasteiger partial charge in [-0.05, 0) is 50.4 Å². The Balaban J connectivity index is 2.06. The molecule has 2 aromatic rings. The standard InChI is InChI=1S/C14H17FN2/c1-16-8-9-5-6-13-11(7-9)10-3-2-4-12(15)14(10)17-13/h2-4,9,16-17H,5-8H2,1H3. The van der Waals surface area contributed by atoms with Crippen molar-refractivity contribution in [2.24, 2.45) is 5.92 Å². The normalized spacial score (nSPS) is 19.5. The predicted molar refractivity (Wildman–Crippen MR) is 67.7 cm³/mol. The SMILES string of the molecule is CNCC1CCc2[nH]c3c(F)cccc3c2C1. The van der Waals surface area contributed by atoms with Crippen LogP contribution in [0.3, 0.4) is 0 Å². The molecule has 1 unspecified atom stereocenters. The van der Waals surface area contributed by atoms with E-state index in [4.69, 9.17) is 0 Å². The lowest BCUT2D eigenvalue weighted by Gasteiger charge is -2.22. The number of H-pyrrole nitrogens is 1. The third kappa shape index (κ3) is 1.75. The van der Waals surface area contributed by atoms with Crippen molar-refractivity contribution in [1.82, 2.24) is 10.3 Å². The summed E-state index contributed by atoms with van der Waals surface area (Å²) in [4.78, 5) is 3.25. The van der Waals surface area contributed by atoms with Crippen LogP contribution in [0.15, 0.2) is 18.2 Å². The summed E-state index contributed by atoms with van der Waals surface area (Å²) in [6.45, 7) is 1.04. The van der Waals surface area contributed by atoms with Crippen LogP contribution in [0.2, 0.25) is 0 Å². The molecule has 2 nitrogen and oxygen atoms in total. The maximum Gasteiger partial charge on any atom is 0.147 e. The first-order valence-corrected chi connectivity index (χ1v) is 6.22. The summed E-state index contributed by atoms with van der Waals surface area (Å²) in [5, 5.41) is 4.31. The van der Waals surface area contributed by atoms with Crippen molar-refractivity contribution in [2.45, 2.75) is 19.3 Å². The molecule has 0 bridgehead atoms. The van der Waals surface area contributed by atoms with Crippen LogP contribution < -0.4 is 5.32 Å². The highest BCUT2D eigenvalue weighted by Gasteiger charge is 2.22. The van der Waals surface area contributed by atoms with E-state index in [2.05, 4.69) is 10.3 Å². The minimum atomic E-state index is -0.137. The summed E-state index contributed by atoms with van der Waals surface area (Å²) in [5.74, 6) is 0.539. The van der Waals surface area contributed by atoms with Gasteiger partial charge >= 0.3 is 0 Å². The minimum absolute atomic E-state index is 0.137. The number of aromatic nitrogens is 1. The minimum Gasteiger partial charge on any atom is -0.356 e. The van der Waals surface area contributed by atoms with Crippen LogP contribution in [0.4, 0.5) is 4.39 Å². The number of hydrogen-bond donors (Lipinski definition) is 2. The largest absolute Gasteiger partial charge is 0.356 e. The zero-order valence-electron chi connectivity index (χ0n) is 10.0. The van der Waals surface area contributed by atoms with Gasteiger partial charge in [-0.2, -0.15) is 0 Å². The van der Waals surface area contributed by atoms with Gasteiger partial charge in [-0.1, -0.05) is 12.1 Å². The van der Waals surface area contributed by atoms with Crippen molar-refractivity contribution >= 4 is 10.9 Å². The smallest absolute Gasteiger partial charge is 0.147 e. The van der Waals surface area contributed by atoms with Crippen LogP contribution >= 0.6 is 0 Å². The lowest BCUT2D eigenvalue weighted by atomic mass is 9.86. The molecule has 0 spiro atoms. The van der Waals surface area contributed by atoms with Crippen molar-refractivity contribution in [2.75, 3.05) is 13.6 Å². The Morgan fingerprint density at radius 2 is 2.35 bits per heavy atom. The van der Waals surface area contributed by atoms with Gasteiger partial charge in [-0.15, -0.1) is 0 Å². The van der Waals surface area contributed by atoms with E-state index in [1.54, 1.807) is 6.07 Å². The summed E-state index contributed by atoms with van der Waals surface area (Å²) < 4.78 is 13.7. The van der Waals surface area contributed by atoms with Crippen molar-refractivity contribution in [1.29, 1.82) is 0 Å². The number of aromatic amines is 1. The van der Waals surface area contributed by atoms with E-state index in [0.717, 1.165) is 24.8 Å². The molecule has 1 aromatic carbocycles. The molecule has 0 radical (unpaired) electrons. The van der Waals surface area contributed by atoms with Crippen LogP contribution in [-0.4, -0.2) is 18.6 Å². The molecular weight excluding hydrogens is 215 g/mol. The number of fused-ring (bicyclic) bond motifs is 3. The van der Waals surface area contributed by atoms with Crippen molar-refractivity contribution < 1.29 is 4.39 Å². The number of aryl methyl sites for hydroxylation is 1. The van der Waals surface area contributed by atoms with Gasteiger partial charge in [0, 0.05) is 11.1 Å². The fourth-order valence-corrected chi connectivity index (χ4v) is 2.94. The molecule has 2 N–H and O–H groups in total. The Hall–Kier alpha value is -1.35. The number of nitrogens with one attached hydrogen (secondary N) is 2. The Morgan fingerprint density at radius 3 is 3.18 bits per heavy atom. The van der Waals surface area contributed by atoms with E-state index in [9.17, 15) is 4.39 Å². The first-order valence-electron chi connectivity index (χ1n) is 6.22. The van der Waals surface area contributed by atoms with Crippen LogP contribution in [0.1, 0.15) is 17.7 Å². The van der Waals surface area contributed by atoms with Gasteiger partial charge in [-0.25, -0.2) is 4.39 Å². The van der Waals surface area contributed by atoms with E-state index >= 15 is 0 Å². The molecule has 90 valence electrons. The number of para-hydroxylation sites is 1. The van der Waals surface area contributed by atoms with Crippen LogP contribution in [0, 0.1) is 11.7 Å².